The van der Waals surface area contributed by atoms with E-state index in [4.69, 9.17) is 4.74 Å². The van der Waals surface area contributed by atoms with Crippen molar-refractivity contribution in [3.8, 4) is 5.75 Å². The SMILES string of the molecule is CCCOC(=O)[C@H](Cc1ccc(O)cc1)NC(=O)C1(NC(=O)[C@H](SC(C)=O)C(C)C)CCCC1. The van der Waals surface area contributed by atoms with E-state index in [-0.39, 0.29) is 35.7 Å². The molecule has 1 aliphatic rings. The fourth-order valence-corrected chi connectivity index (χ4v) is 4.82. The number of rotatable bonds is 11. The number of thioether (sulfide) groups is 1. The highest BCUT2D eigenvalue weighted by Crippen LogP contribution is 2.32. The van der Waals surface area contributed by atoms with Crippen molar-refractivity contribution in [1.29, 1.82) is 0 Å². The smallest absolute Gasteiger partial charge is 0.328 e. The third-order valence-electron chi connectivity index (χ3n) is 5.83. The average molecular weight is 493 g/mol. The highest BCUT2D eigenvalue weighted by atomic mass is 32.2. The number of hydrogen-bond acceptors (Lipinski definition) is 7. The van der Waals surface area contributed by atoms with Crippen molar-refractivity contribution in [3.63, 3.8) is 0 Å². The van der Waals surface area contributed by atoms with Gasteiger partial charge in [0.2, 0.25) is 11.8 Å². The van der Waals surface area contributed by atoms with Crippen molar-refractivity contribution in [2.45, 2.75) is 83.1 Å². The molecule has 8 nitrogen and oxygen atoms in total. The Morgan fingerprint density at radius 1 is 1.12 bits per heavy atom. The molecule has 0 aliphatic heterocycles. The number of phenolic OH excluding ortho intramolecular Hbond substituents is 1. The van der Waals surface area contributed by atoms with E-state index in [1.807, 2.05) is 20.8 Å². The summed E-state index contributed by atoms with van der Waals surface area (Å²) in [4.78, 5) is 51.0. The average Bonchev–Trinajstić information content (AvgIpc) is 3.26. The molecule has 2 atom stereocenters. The summed E-state index contributed by atoms with van der Waals surface area (Å²) in [6.45, 7) is 7.26. The minimum absolute atomic E-state index is 0.0957. The zero-order valence-electron chi connectivity index (χ0n) is 20.4. The van der Waals surface area contributed by atoms with E-state index < -0.39 is 28.7 Å². The molecular weight excluding hydrogens is 456 g/mol. The highest BCUT2D eigenvalue weighted by Gasteiger charge is 2.45. The normalized spacial score (nSPS) is 16.5. The summed E-state index contributed by atoms with van der Waals surface area (Å²) in [5.41, 5.74) is -0.390. The van der Waals surface area contributed by atoms with Crippen LogP contribution >= 0.6 is 11.8 Å². The van der Waals surface area contributed by atoms with Crippen molar-refractivity contribution >= 4 is 34.7 Å². The molecule has 3 N–H and O–H groups in total. The predicted octanol–water partition coefficient (Wildman–Crippen LogP) is 3.11. The number of carbonyl (C=O) groups excluding carboxylic acids is 4. The lowest BCUT2D eigenvalue weighted by Gasteiger charge is -2.33. The van der Waals surface area contributed by atoms with Crippen LogP contribution in [0, 0.1) is 5.92 Å². The molecule has 2 rings (SSSR count). The molecule has 34 heavy (non-hydrogen) atoms. The Labute approximate surface area is 205 Å². The summed E-state index contributed by atoms with van der Waals surface area (Å²) < 4.78 is 5.31. The second-order valence-corrected chi connectivity index (χ2v) is 10.4. The number of carbonyl (C=O) groups is 4. The monoisotopic (exact) mass is 492 g/mol. The lowest BCUT2D eigenvalue weighted by atomic mass is 9.94. The van der Waals surface area contributed by atoms with E-state index in [0.29, 0.717) is 19.3 Å². The zero-order chi connectivity index (χ0) is 25.3. The summed E-state index contributed by atoms with van der Waals surface area (Å²) in [6.07, 6.45) is 3.28. The molecule has 0 radical (unpaired) electrons. The number of ether oxygens (including phenoxy) is 1. The Balaban J connectivity index is 2.22. The molecule has 0 spiro atoms. The molecule has 0 heterocycles. The van der Waals surface area contributed by atoms with Gasteiger partial charge < -0.3 is 20.5 Å². The van der Waals surface area contributed by atoms with Gasteiger partial charge in [-0.25, -0.2) is 4.79 Å². The van der Waals surface area contributed by atoms with Crippen LogP contribution in [0.1, 0.15) is 65.4 Å². The van der Waals surface area contributed by atoms with E-state index >= 15 is 0 Å². The molecule has 188 valence electrons. The molecule has 1 aromatic carbocycles. The van der Waals surface area contributed by atoms with Gasteiger partial charge >= 0.3 is 5.97 Å². The molecular formula is C25H36N2O6S. The lowest BCUT2D eigenvalue weighted by molar-refractivity contribution is -0.148. The van der Waals surface area contributed by atoms with Crippen molar-refractivity contribution in [3.05, 3.63) is 29.8 Å². The second kappa shape index (κ2) is 12.8. The van der Waals surface area contributed by atoms with Crippen LogP contribution in [0.3, 0.4) is 0 Å². The summed E-state index contributed by atoms with van der Waals surface area (Å²) in [6, 6.07) is 5.46. The van der Waals surface area contributed by atoms with Crippen LogP contribution in [0.4, 0.5) is 0 Å². The third-order valence-corrected chi connectivity index (χ3v) is 7.17. The summed E-state index contributed by atoms with van der Waals surface area (Å²) in [5, 5.41) is 14.5. The van der Waals surface area contributed by atoms with E-state index in [1.165, 1.54) is 19.1 Å². The second-order valence-electron chi connectivity index (χ2n) is 9.12. The van der Waals surface area contributed by atoms with Crippen LogP contribution in [-0.2, 0) is 30.3 Å². The van der Waals surface area contributed by atoms with Crippen molar-refractivity contribution in [1.82, 2.24) is 10.6 Å². The van der Waals surface area contributed by atoms with Gasteiger partial charge in [0.05, 0.1) is 11.9 Å². The number of nitrogens with one attached hydrogen (secondary N) is 2. The van der Waals surface area contributed by atoms with Gasteiger partial charge in [0.25, 0.3) is 0 Å². The van der Waals surface area contributed by atoms with Gasteiger partial charge in [0.15, 0.2) is 5.12 Å². The molecule has 1 aromatic rings. The number of esters is 1. The minimum atomic E-state index is -1.14. The van der Waals surface area contributed by atoms with Crippen molar-refractivity contribution in [2.24, 2.45) is 5.92 Å². The topological polar surface area (TPSA) is 122 Å². The van der Waals surface area contributed by atoms with E-state index in [2.05, 4.69) is 10.6 Å². The number of hydrogen-bond donors (Lipinski definition) is 3. The first-order valence-corrected chi connectivity index (χ1v) is 12.7. The zero-order valence-corrected chi connectivity index (χ0v) is 21.2. The summed E-state index contributed by atoms with van der Waals surface area (Å²) in [7, 11) is 0. The van der Waals surface area contributed by atoms with Crippen LogP contribution in [-0.4, -0.2) is 51.4 Å². The minimum Gasteiger partial charge on any atom is -0.508 e. The molecule has 9 heteroatoms. The predicted molar refractivity (Wildman–Crippen MR) is 131 cm³/mol. The fourth-order valence-electron chi connectivity index (χ4n) is 4.03. The number of amides is 2. The van der Waals surface area contributed by atoms with Crippen molar-refractivity contribution < 1.29 is 29.0 Å². The van der Waals surface area contributed by atoms with E-state index in [0.717, 1.165) is 30.2 Å². The molecule has 1 aliphatic carbocycles. The van der Waals surface area contributed by atoms with Crippen molar-refractivity contribution in [2.75, 3.05) is 6.61 Å². The summed E-state index contributed by atoms with van der Waals surface area (Å²) >= 11 is 0.963. The first kappa shape index (κ1) is 27.7. The van der Waals surface area contributed by atoms with Crippen LogP contribution in [0.2, 0.25) is 0 Å². The number of benzene rings is 1. The molecule has 0 bridgehead atoms. The third kappa shape index (κ3) is 7.75. The van der Waals surface area contributed by atoms with Crippen LogP contribution in [0.5, 0.6) is 5.75 Å². The van der Waals surface area contributed by atoms with Gasteiger partial charge in [-0.05, 0) is 42.9 Å². The molecule has 1 fully saturated rings. The Hall–Kier alpha value is -2.55. The summed E-state index contributed by atoms with van der Waals surface area (Å²) in [5.74, 6) is -1.31. The fraction of sp³-hybridized carbons (Fsp3) is 0.600. The maximum atomic E-state index is 13.5. The van der Waals surface area contributed by atoms with Gasteiger partial charge in [-0.2, -0.15) is 0 Å². The Bertz CT molecular complexity index is 865. The Morgan fingerprint density at radius 2 is 1.74 bits per heavy atom. The van der Waals surface area contributed by atoms with E-state index in [1.54, 1.807) is 12.1 Å². The standard InChI is InChI=1S/C25H36N2O6S/c1-5-14-33-23(31)20(15-18-8-10-19(29)11-9-18)26-24(32)25(12-6-7-13-25)27-22(30)21(16(2)3)34-17(4)28/h8-11,16,20-21,29H,5-7,12-15H2,1-4H3,(H,26,32)(H,27,30)/t20-,21+/m0/s1. The number of aromatic hydroxyl groups is 1. The largest absolute Gasteiger partial charge is 0.508 e. The first-order valence-electron chi connectivity index (χ1n) is 11.8. The molecule has 1 saturated carbocycles. The molecule has 2 amide bonds. The van der Waals surface area contributed by atoms with Crippen LogP contribution in [0.15, 0.2) is 24.3 Å². The Kier molecular flexibility index (Phi) is 10.4. The molecule has 0 aromatic heterocycles. The van der Waals surface area contributed by atoms with Crippen LogP contribution < -0.4 is 10.6 Å². The van der Waals surface area contributed by atoms with Gasteiger partial charge in [-0.1, -0.05) is 57.5 Å². The lowest BCUT2D eigenvalue weighted by Crippen LogP contribution is -2.61. The molecule has 0 unspecified atom stereocenters. The van der Waals surface area contributed by atoms with E-state index in [9.17, 15) is 24.3 Å². The van der Waals surface area contributed by atoms with Crippen LogP contribution in [0.25, 0.3) is 0 Å². The molecule has 0 saturated heterocycles. The highest BCUT2D eigenvalue weighted by molar-refractivity contribution is 8.14. The maximum absolute atomic E-state index is 13.5. The maximum Gasteiger partial charge on any atom is 0.328 e. The van der Waals surface area contributed by atoms with Gasteiger partial charge in [-0.15, -0.1) is 0 Å². The first-order chi connectivity index (χ1) is 16.1. The quantitative estimate of drug-likeness (QED) is 0.406. The van der Waals surface area contributed by atoms with Gasteiger partial charge in [0, 0.05) is 13.3 Å². The Morgan fingerprint density at radius 3 is 2.26 bits per heavy atom. The van der Waals surface area contributed by atoms with Gasteiger partial charge in [0.1, 0.15) is 17.3 Å². The van der Waals surface area contributed by atoms with Gasteiger partial charge in [-0.3, -0.25) is 14.4 Å². The number of phenols is 1.